The molecular formula is C63H45Cl6N9O8S4. The molecule has 0 saturated heterocycles. The Bertz CT molecular complexity index is 4190. The molecule has 4 heterocycles. The number of nitrogens with zero attached hydrogens (tertiary/aromatic N) is 5. The van der Waals surface area contributed by atoms with Gasteiger partial charge in [0, 0.05) is 40.5 Å². The molecule has 13 rings (SSSR count). The average Bonchev–Trinajstić information content (AvgIpc) is 0.929. The van der Waals surface area contributed by atoms with Gasteiger partial charge in [0.25, 0.3) is 17.7 Å². The van der Waals surface area contributed by atoms with Crippen LogP contribution in [0.4, 0.5) is 34.1 Å². The molecule has 17 nitrogen and oxygen atoms in total. The van der Waals surface area contributed by atoms with E-state index in [1.807, 2.05) is 107 Å². The summed E-state index contributed by atoms with van der Waals surface area (Å²) in [6.45, 7) is 0.822. The maximum absolute atomic E-state index is 12.6. The Kier molecular flexibility index (Phi) is 21.1. The predicted molar refractivity (Wildman–Crippen MR) is 359 cm³/mol. The number of aromatic carboxylic acids is 1. The minimum Gasteiger partial charge on any atom is -0.505 e. The van der Waals surface area contributed by atoms with Gasteiger partial charge >= 0.3 is 5.97 Å². The van der Waals surface area contributed by atoms with Gasteiger partial charge in [0.05, 0.1) is 76.4 Å². The van der Waals surface area contributed by atoms with Crippen LogP contribution in [0.15, 0.2) is 211 Å². The number of carboxylic acids is 1. The second-order valence-electron chi connectivity index (χ2n) is 19.1. The molecule has 0 atom stereocenters. The minimum absolute atomic E-state index is 0.00591. The summed E-state index contributed by atoms with van der Waals surface area (Å²) in [6.07, 6.45) is 0. The summed E-state index contributed by atoms with van der Waals surface area (Å²) in [7, 11) is 0. The number of amides is 3. The third kappa shape index (κ3) is 15.1. The third-order valence-corrected chi connectivity index (χ3v) is 19.3. The van der Waals surface area contributed by atoms with E-state index >= 15 is 0 Å². The van der Waals surface area contributed by atoms with E-state index in [4.69, 9.17) is 85.7 Å². The molecule has 0 unspecified atom stereocenters. The number of para-hydroxylation sites is 6. The number of anilines is 6. The second-order valence-corrected chi connectivity index (χ2v) is 25.9. The van der Waals surface area contributed by atoms with Crippen molar-refractivity contribution in [2.75, 3.05) is 27.8 Å². The first-order valence-electron chi connectivity index (χ1n) is 26.4. The number of nitrogens with one attached hydrogen (secondary N) is 3. The first-order valence-corrected chi connectivity index (χ1v) is 32.0. The molecule has 1 aromatic heterocycles. The topological polar surface area (TPSA) is 247 Å². The number of carbonyl (C=O) groups excluding carboxylic acids is 3. The van der Waals surface area contributed by atoms with E-state index in [2.05, 4.69) is 79.9 Å². The van der Waals surface area contributed by atoms with E-state index < -0.39 is 17.8 Å². The molecule has 9 N–H and O–H groups in total. The number of phenolic OH excluding ortho intramolecular Hbond substituents is 3. The minimum atomic E-state index is -1.14. The van der Waals surface area contributed by atoms with E-state index in [-0.39, 0.29) is 77.5 Å². The van der Waals surface area contributed by atoms with Gasteiger partial charge in [0.2, 0.25) is 0 Å². The predicted octanol–water partition coefficient (Wildman–Crippen LogP) is 16.5. The lowest BCUT2D eigenvalue weighted by Gasteiger charge is -2.32. The van der Waals surface area contributed by atoms with E-state index in [1.54, 1.807) is 47.4 Å². The van der Waals surface area contributed by atoms with Gasteiger partial charge in [-0.2, -0.15) is 0 Å². The van der Waals surface area contributed by atoms with Crippen LogP contribution >= 0.6 is 116 Å². The number of hydrogen-bond donors (Lipinski definition) is 8. The number of carboxylic acid groups (broad SMARTS) is 1. The SMILES string of the molecule is NNC(=O)CN1c2ccccc2Sc2ccccc21.O=C(CN1c2ccccc2Sc2ccccc21)NNC(=O)c1cc(Cl)c(O)c(Cl)c1.O=C(O)c1cc(Cl)c(O)c(Cl)c1.Oc1c(Cl)cc(-c2nnc(CN3c4ccccc4Sc4ccccc43)s2)cc1Cl. The molecule has 3 aliphatic rings. The fraction of sp³-hybridized carbons (Fsp3) is 0.0476. The number of benzene rings is 9. The molecule has 27 heteroatoms. The Morgan fingerprint density at radius 3 is 1.11 bits per heavy atom. The molecular weight excluding hydrogens is 1350 g/mol. The van der Waals surface area contributed by atoms with E-state index in [9.17, 15) is 29.4 Å². The van der Waals surface area contributed by atoms with Gasteiger partial charge in [-0.25, -0.2) is 10.6 Å². The summed E-state index contributed by atoms with van der Waals surface area (Å²) in [5.74, 6) is 2.10. The van der Waals surface area contributed by atoms with Crippen LogP contribution in [0.25, 0.3) is 10.6 Å². The summed E-state index contributed by atoms with van der Waals surface area (Å²) < 4.78 is 0. The zero-order valence-electron chi connectivity index (χ0n) is 46.1. The van der Waals surface area contributed by atoms with Crippen molar-refractivity contribution in [1.82, 2.24) is 26.5 Å². The molecule has 3 amide bonds. The highest BCUT2D eigenvalue weighted by atomic mass is 35.5. The van der Waals surface area contributed by atoms with Crippen molar-refractivity contribution >= 4 is 174 Å². The van der Waals surface area contributed by atoms with Crippen LogP contribution in [-0.4, -0.2) is 67.4 Å². The number of halogens is 6. The zero-order valence-corrected chi connectivity index (χ0v) is 53.9. The summed E-state index contributed by atoms with van der Waals surface area (Å²) >= 11 is 41.3. The highest BCUT2D eigenvalue weighted by Gasteiger charge is 2.28. The number of rotatable bonds is 9. The molecule has 90 heavy (non-hydrogen) atoms. The van der Waals surface area contributed by atoms with Gasteiger partial charge in [-0.1, -0.05) is 189 Å². The largest absolute Gasteiger partial charge is 0.505 e. The Balaban J connectivity index is 0.000000139. The van der Waals surface area contributed by atoms with Crippen LogP contribution in [0.3, 0.4) is 0 Å². The van der Waals surface area contributed by atoms with Crippen molar-refractivity contribution < 1.29 is 39.6 Å². The van der Waals surface area contributed by atoms with Crippen LogP contribution in [0, 0.1) is 0 Å². The van der Waals surface area contributed by atoms with Crippen LogP contribution in [0.1, 0.15) is 25.7 Å². The number of hydrogen-bond acceptors (Lipinski definition) is 17. The van der Waals surface area contributed by atoms with Crippen molar-refractivity contribution in [1.29, 1.82) is 0 Å². The summed E-state index contributed by atoms with van der Waals surface area (Å²) in [5.41, 5.74) is 13.9. The van der Waals surface area contributed by atoms with Crippen LogP contribution < -0.4 is 36.8 Å². The van der Waals surface area contributed by atoms with Crippen LogP contribution in [0.2, 0.25) is 30.1 Å². The molecule has 0 bridgehead atoms. The fourth-order valence-corrected chi connectivity index (χ4v) is 14.6. The number of aromatic hydroxyl groups is 3. The molecule has 9 aromatic carbocycles. The van der Waals surface area contributed by atoms with Crippen molar-refractivity contribution in [2.45, 2.75) is 35.9 Å². The van der Waals surface area contributed by atoms with Crippen molar-refractivity contribution in [3.63, 3.8) is 0 Å². The number of aromatic nitrogens is 2. The Hall–Kier alpha value is -8.03. The van der Waals surface area contributed by atoms with Crippen LogP contribution in [0.5, 0.6) is 17.2 Å². The molecule has 3 aliphatic heterocycles. The lowest BCUT2D eigenvalue weighted by molar-refractivity contribution is -0.120. The maximum Gasteiger partial charge on any atom is 0.335 e. The fourth-order valence-electron chi connectivity index (χ4n) is 9.07. The maximum atomic E-state index is 12.6. The highest BCUT2D eigenvalue weighted by molar-refractivity contribution is 8.00. The number of phenols is 3. The molecule has 0 radical (unpaired) electrons. The van der Waals surface area contributed by atoms with Gasteiger partial charge in [0.15, 0.2) is 17.2 Å². The van der Waals surface area contributed by atoms with Gasteiger partial charge < -0.3 is 35.1 Å². The summed E-state index contributed by atoms with van der Waals surface area (Å²) in [4.78, 5) is 59.9. The Morgan fingerprint density at radius 2 is 0.756 bits per heavy atom. The number of fused-ring (bicyclic) bond motifs is 6. The van der Waals surface area contributed by atoms with Crippen molar-refractivity contribution in [3.8, 4) is 27.8 Å². The van der Waals surface area contributed by atoms with E-state index in [0.717, 1.165) is 76.4 Å². The first-order chi connectivity index (χ1) is 43.3. The van der Waals surface area contributed by atoms with Gasteiger partial charge in [-0.3, -0.25) is 30.7 Å². The highest BCUT2D eigenvalue weighted by Crippen LogP contribution is 2.51. The molecule has 0 aliphatic carbocycles. The Labute approximate surface area is 561 Å². The lowest BCUT2D eigenvalue weighted by Crippen LogP contribution is -2.46. The summed E-state index contributed by atoms with van der Waals surface area (Å²) in [6, 6.07) is 56.5. The Morgan fingerprint density at radius 1 is 0.433 bits per heavy atom. The monoisotopic (exact) mass is 1390 g/mol. The number of carbonyl (C=O) groups is 4. The van der Waals surface area contributed by atoms with Crippen molar-refractivity contribution in [2.24, 2.45) is 5.84 Å². The molecule has 456 valence electrons. The quantitative estimate of drug-likeness (QED) is 0.0380. The molecule has 0 fully saturated rings. The lowest BCUT2D eigenvalue weighted by atomic mass is 10.2. The number of hydrazine groups is 2. The van der Waals surface area contributed by atoms with E-state index in [1.165, 1.54) is 33.3 Å². The van der Waals surface area contributed by atoms with Gasteiger partial charge in [0.1, 0.15) is 23.1 Å². The second kappa shape index (κ2) is 29.3. The zero-order chi connectivity index (χ0) is 63.8. The van der Waals surface area contributed by atoms with Gasteiger partial charge in [-0.05, 0) is 109 Å². The standard InChI is InChI=1S/C21H15Cl2N3O3S.C21H13Cl2N3OS2.C14H13N3OS.C7H4Cl2O3/c22-13-9-12(10-14(23)20(13)28)21(29)25-24-19(27)11-26-15-5-1-3-7-17(15)30-18-8-4-2-6-16(18)26;22-13-9-12(10-14(23)20(13)27)21-25-24-19(29-21)11-26-15-5-1-3-7-17(15)28-18-8-4-2-6-16(18)26;15-16-14(18)9-17-10-5-1-3-7-12(10)19-13-8-4-2-6-11(13)17;8-4-1-3(7(11)12)2-5(9)6(4)10/h1-10,28H,11H2,(H,24,27)(H,25,29);1-10,27H,11H2;1-8H,9,15H2,(H,16,18);1-2,10H,(H,11,12). The summed E-state index contributed by atoms with van der Waals surface area (Å²) in [5, 5.41) is 47.4. The smallest absolute Gasteiger partial charge is 0.335 e. The van der Waals surface area contributed by atoms with Crippen molar-refractivity contribution in [3.05, 3.63) is 228 Å². The molecule has 10 aromatic rings. The number of nitrogens with two attached hydrogens (primary N) is 1. The first kappa shape index (κ1) is 64.9. The molecule has 0 saturated carbocycles. The average molecular weight is 1400 g/mol. The molecule has 0 spiro atoms. The third-order valence-electron chi connectivity index (χ3n) is 13.2. The van der Waals surface area contributed by atoms with Crippen LogP contribution in [-0.2, 0) is 16.1 Å². The van der Waals surface area contributed by atoms with Gasteiger partial charge in [-0.15, -0.1) is 10.2 Å². The normalized spacial score (nSPS) is 12.0. The van der Waals surface area contributed by atoms with E-state index in [0.29, 0.717) is 11.6 Å².